The van der Waals surface area contributed by atoms with Gasteiger partial charge in [0.15, 0.2) is 0 Å². The summed E-state index contributed by atoms with van der Waals surface area (Å²) in [6.45, 7) is 1.45. The molecule has 1 atom stereocenters. The van der Waals surface area contributed by atoms with Crippen LogP contribution < -0.4 is 24.3 Å². The molecule has 18 heteroatoms. The predicted molar refractivity (Wildman–Crippen MR) is 222 cm³/mol. The molecule has 310 valence electrons. The molecule has 18 nitrogen and oxygen atoms in total. The first-order chi connectivity index (χ1) is 29.2. The van der Waals surface area contributed by atoms with Crippen LogP contribution in [-0.2, 0) is 11.3 Å². The van der Waals surface area contributed by atoms with E-state index < -0.39 is 33.7 Å². The van der Waals surface area contributed by atoms with Gasteiger partial charge in [0.2, 0.25) is 11.9 Å². The number of nitrogens with one attached hydrogen (secondary N) is 1. The molecule has 6 rings (SSSR count). The molecular weight excluding hydrogens is 793 g/mol. The molecular formula is C43H36N6O12. The molecule has 0 radical (unpaired) electrons. The van der Waals surface area contributed by atoms with Crippen molar-refractivity contribution in [2.45, 2.75) is 19.6 Å². The van der Waals surface area contributed by atoms with Gasteiger partial charge in [0.1, 0.15) is 34.4 Å². The van der Waals surface area contributed by atoms with Gasteiger partial charge < -0.3 is 34.3 Å². The molecule has 0 fully saturated rings. The van der Waals surface area contributed by atoms with Gasteiger partial charge in [-0.15, -0.1) is 5.11 Å². The van der Waals surface area contributed by atoms with Crippen LogP contribution in [0.2, 0.25) is 0 Å². The van der Waals surface area contributed by atoms with Crippen molar-refractivity contribution >= 4 is 57.0 Å². The van der Waals surface area contributed by atoms with Crippen LogP contribution in [0.5, 0.6) is 28.7 Å². The molecule has 0 bridgehead atoms. The summed E-state index contributed by atoms with van der Waals surface area (Å²) in [5.74, 6) is -1.18. The number of azo groups is 1. The van der Waals surface area contributed by atoms with Crippen LogP contribution in [0.1, 0.15) is 21.5 Å². The average molecular weight is 829 g/mol. The minimum absolute atomic E-state index is 0.0316. The van der Waals surface area contributed by atoms with Crippen LogP contribution in [0.4, 0.5) is 33.2 Å². The molecule has 0 aliphatic carbocycles. The number of carbonyl (C=O) groups is 3. The molecule has 6 aromatic carbocycles. The van der Waals surface area contributed by atoms with Crippen LogP contribution in [0.15, 0.2) is 125 Å². The number of fused-ring (bicyclic) bond motifs is 1. The standard InChI is InChI=1S/C43H36N6O12/c1-25-5-19-38(59-4)35(21-25)44-42(52)41(40(51)27-7-15-32(58-3)16-8-27)61-37-20-14-31(49(56)57)22-28(37)24-47(2)43(53)60-33-17-6-26-9-18-36(50)39(34(26)23-33)46-45-29-10-12-30(13-11-29)48(54)55/h5-23,41,50H,24H2,1-4H3,(H,44,52). The third-order valence-corrected chi connectivity index (χ3v) is 9.16. The number of carbonyl (C=O) groups excluding carboxylic acids is 3. The van der Waals surface area contributed by atoms with E-state index in [4.69, 9.17) is 18.9 Å². The Hall–Kier alpha value is -8.41. The van der Waals surface area contributed by atoms with Crippen LogP contribution >= 0.6 is 0 Å². The highest BCUT2D eigenvalue weighted by molar-refractivity contribution is 6.16. The Labute approximate surface area is 346 Å². The van der Waals surface area contributed by atoms with Crippen molar-refractivity contribution < 1.29 is 48.3 Å². The van der Waals surface area contributed by atoms with E-state index in [2.05, 4.69) is 15.5 Å². The maximum Gasteiger partial charge on any atom is 0.415 e. The van der Waals surface area contributed by atoms with Crippen LogP contribution in [0.25, 0.3) is 10.8 Å². The number of nitro groups is 2. The second kappa shape index (κ2) is 18.5. The average Bonchev–Trinajstić information content (AvgIpc) is 3.25. The zero-order valence-electron chi connectivity index (χ0n) is 32.9. The van der Waals surface area contributed by atoms with E-state index in [1.807, 2.05) is 0 Å². The van der Waals surface area contributed by atoms with Crippen molar-refractivity contribution in [1.82, 2.24) is 4.90 Å². The lowest BCUT2D eigenvalue weighted by molar-refractivity contribution is -0.385. The van der Waals surface area contributed by atoms with Gasteiger partial charge in [-0.2, -0.15) is 5.11 Å². The van der Waals surface area contributed by atoms with Crippen LogP contribution in [0.3, 0.4) is 0 Å². The number of amides is 2. The summed E-state index contributed by atoms with van der Waals surface area (Å²) in [5.41, 5.74) is 1.02. The lowest BCUT2D eigenvalue weighted by atomic mass is 10.0. The first kappa shape index (κ1) is 42.2. The van der Waals surface area contributed by atoms with E-state index in [1.54, 1.807) is 37.3 Å². The predicted octanol–water partition coefficient (Wildman–Crippen LogP) is 9.00. The normalized spacial score (nSPS) is 11.4. The summed E-state index contributed by atoms with van der Waals surface area (Å²) < 4.78 is 22.4. The van der Waals surface area contributed by atoms with Crippen molar-refractivity contribution in [2.75, 3.05) is 26.6 Å². The summed E-state index contributed by atoms with van der Waals surface area (Å²) in [6, 6.07) is 27.4. The topological polar surface area (TPSA) is 235 Å². The third kappa shape index (κ3) is 10.0. The quantitative estimate of drug-likeness (QED) is 0.0324. The summed E-state index contributed by atoms with van der Waals surface area (Å²) in [5, 5.41) is 45.5. The Kier molecular flexibility index (Phi) is 12.8. The molecule has 0 aromatic heterocycles. The number of non-ortho nitro benzene ring substituents is 2. The number of hydrogen-bond acceptors (Lipinski definition) is 14. The van der Waals surface area contributed by atoms with Gasteiger partial charge in [-0.1, -0.05) is 18.2 Å². The number of benzene rings is 6. The van der Waals surface area contributed by atoms with Gasteiger partial charge in [-0.05, 0) is 90.7 Å². The molecule has 0 aliphatic heterocycles. The summed E-state index contributed by atoms with van der Waals surface area (Å²) in [7, 11) is 4.24. The number of phenols is 1. The number of methoxy groups -OCH3 is 2. The van der Waals surface area contributed by atoms with E-state index in [0.717, 1.165) is 22.6 Å². The maximum atomic E-state index is 14.0. The van der Waals surface area contributed by atoms with E-state index in [-0.39, 0.29) is 63.4 Å². The van der Waals surface area contributed by atoms with E-state index in [9.17, 15) is 39.7 Å². The molecule has 6 aromatic rings. The number of ether oxygens (including phenoxy) is 4. The summed E-state index contributed by atoms with van der Waals surface area (Å²) in [6.07, 6.45) is -2.75. The summed E-state index contributed by atoms with van der Waals surface area (Å²) >= 11 is 0. The van der Waals surface area contributed by atoms with Crippen molar-refractivity contribution in [1.29, 1.82) is 0 Å². The number of aromatic hydroxyl groups is 1. The number of rotatable bonds is 15. The number of nitro benzene ring substituents is 2. The van der Waals surface area contributed by atoms with Gasteiger partial charge in [-0.25, -0.2) is 4.79 Å². The van der Waals surface area contributed by atoms with Gasteiger partial charge >= 0.3 is 6.09 Å². The van der Waals surface area contributed by atoms with Crippen molar-refractivity contribution in [3.05, 3.63) is 152 Å². The Balaban J connectivity index is 1.27. The largest absolute Gasteiger partial charge is 0.506 e. The second-order valence-electron chi connectivity index (χ2n) is 13.3. The fourth-order valence-electron chi connectivity index (χ4n) is 5.98. The van der Waals surface area contributed by atoms with Crippen LogP contribution in [0, 0.1) is 27.2 Å². The lowest BCUT2D eigenvalue weighted by Gasteiger charge is -2.22. The fraction of sp³-hybridized carbons (Fsp3) is 0.140. The number of nitrogens with zero attached hydrogens (tertiary/aromatic N) is 5. The van der Waals surface area contributed by atoms with Gasteiger partial charge in [-0.3, -0.25) is 29.8 Å². The highest BCUT2D eigenvalue weighted by Gasteiger charge is 2.32. The maximum absolute atomic E-state index is 14.0. The van der Waals surface area contributed by atoms with E-state index >= 15 is 0 Å². The van der Waals surface area contributed by atoms with Gasteiger partial charge in [0, 0.05) is 47.8 Å². The number of hydrogen-bond donors (Lipinski definition) is 2. The Bertz CT molecular complexity index is 2690. The zero-order valence-corrected chi connectivity index (χ0v) is 32.9. The monoisotopic (exact) mass is 828 g/mol. The lowest BCUT2D eigenvalue weighted by Crippen LogP contribution is -2.40. The molecule has 0 heterocycles. The Morgan fingerprint density at radius 2 is 1.43 bits per heavy atom. The van der Waals surface area contributed by atoms with Gasteiger partial charge in [0.25, 0.3) is 17.3 Å². The van der Waals surface area contributed by atoms with Crippen molar-refractivity contribution in [3.63, 3.8) is 0 Å². The first-order valence-corrected chi connectivity index (χ1v) is 18.2. The van der Waals surface area contributed by atoms with E-state index in [1.165, 1.54) is 94.1 Å². The third-order valence-electron chi connectivity index (χ3n) is 9.16. The minimum atomic E-state index is -1.84. The van der Waals surface area contributed by atoms with Gasteiger partial charge in [0.05, 0.1) is 42.0 Å². The van der Waals surface area contributed by atoms with Crippen LogP contribution in [-0.4, -0.2) is 65.0 Å². The number of phenolic OH excluding ortho intramolecular Hbond substituents is 1. The SMILES string of the molecule is COc1ccc(C(=O)C(Oc2ccc([N+](=O)[O-])cc2CN(C)C(=O)Oc2ccc3ccc(O)c(N=Nc4ccc([N+](=O)[O-])cc4)c3c2)C(=O)Nc2cc(C)ccc2OC)cc1. The number of aryl methyl sites for hydroxylation is 1. The van der Waals surface area contributed by atoms with E-state index in [0.29, 0.717) is 22.3 Å². The molecule has 2 N–H and O–H groups in total. The number of Topliss-reactive ketones (excluding diaryl/α,β-unsaturated/α-hetero) is 1. The first-order valence-electron chi connectivity index (χ1n) is 18.2. The molecule has 61 heavy (non-hydrogen) atoms. The smallest absolute Gasteiger partial charge is 0.415 e. The zero-order chi connectivity index (χ0) is 43.8. The fourth-order valence-corrected chi connectivity index (χ4v) is 5.98. The molecule has 1 unspecified atom stereocenters. The molecule has 0 spiro atoms. The molecule has 2 amide bonds. The Morgan fingerprint density at radius 3 is 2.10 bits per heavy atom. The second-order valence-corrected chi connectivity index (χ2v) is 13.3. The molecule has 0 saturated heterocycles. The minimum Gasteiger partial charge on any atom is -0.506 e. The molecule has 0 saturated carbocycles. The Morgan fingerprint density at radius 1 is 0.770 bits per heavy atom. The highest BCUT2D eigenvalue weighted by Crippen LogP contribution is 2.38. The van der Waals surface area contributed by atoms with Crippen molar-refractivity contribution in [2.24, 2.45) is 10.2 Å². The van der Waals surface area contributed by atoms with Crippen molar-refractivity contribution in [3.8, 4) is 28.7 Å². The summed E-state index contributed by atoms with van der Waals surface area (Å²) in [4.78, 5) is 64.3. The highest BCUT2D eigenvalue weighted by atomic mass is 16.6. The molecule has 0 aliphatic rings. The number of ketones is 1. The number of anilines is 1.